The molecule has 78 valence electrons. The standard InChI is InChI=1S/C8H15N5O/c1-12(2)11-8(14)7-5-13(4-3-9)6-10-7/h5-6H,3-4,9H2,1-2H3,(H,11,14). The second-order valence-electron chi connectivity index (χ2n) is 3.12. The first-order valence-corrected chi connectivity index (χ1v) is 4.33. The Morgan fingerprint density at radius 1 is 1.71 bits per heavy atom. The van der Waals surface area contributed by atoms with Gasteiger partial charge in [-0.2, -0.15) is 0 Å². The minimum absolute atomic E-state index is 0.217. The number of hydrogen-bond acceptors (Lipinski definition) is 4. The normalized spacial score (nSPS) is 10.6. The van der Waals surface area contributed by atoms with Crippen LogP contribution in [0.4, 0.5) is 0 Å². The van der Waals surface area contributed by atoms with E-state index in [-0.39, 0.29) is 5.91 Å². The molecule has 0 fully saturated rings. The van der Waals surface area contributed by atoms with Crippen molar-refractivity contribution < 1.29 is 4.79 Å². The fourth-order valence-electron chi connectivity index (χ4n) is 1.01. The van der Waals surface area contributed by atoms with Gasteiger partial charge in [0.05, 0.1) is 6.33 Å². The van der Waals surface area contributed by atoms with Gasteiger partial charge in [-0.1, -0.05) is 0 Å². The Hall–Kier alpha value is -1.40. The van der Waals surface area contributed by atoms with Crippen molar-refractivity contribution in [2.45, 2.75) is 6.54 Å². The molecule has 0 atom stereocenters. The van der Waals surface area contributed by atoms with Crippen LogP contribution in [0.5, 0.6) is 0 Å². The molecule has 3 N–H and O–H groups in total. The van der Waals surface area contributed by atoms with Crippen molar-refractivity contribution in [3.8, 4) is 0 Å². The zero-order valence-electron chi connectivity index (χ0n) is 8.40. The van der Waals surface area contributed by atoms with Gasteiger partial charge in [0.25, 0.3) is 5.91 Å². The van der Waals surface area contributed by atoms with Crippen molar-refractivity contribution in [3.63, 3.8) is 0 Å². The molecule has 1 rings (SSSR count). The molecule has 0 spiro atoms. The van der Waals surface area contributed by atoms with Gasteiger partial charge in [-0.25, -0.2) is 9.99 Å². The topological polar surface area (TPSA) is 76.2 Å². The third kappa shape index (κ3) is 2.82. The second kappa shape index (κ2) is 4.73. The maximum Gasteiger partial charge on any atom is 0.285 e. The van der Waals surface area contributed by atoms with Crippen LogP contribution in [0.2, 0.25) is 0 Å². The van der Waals surface area contributed by atoms with Crippen molar-refractivity contribution in [2.24, 2.45) is 5.73 Å². The molecule has 0 unspecified atom stereocenters. The lowest BCUT2D eigenvalue weighted by molar-refractivity contribution is 0.0852. The van der Waals surface area contributed by atoms with E-state index in [1.54, 1.807) is 36.2 Å². The summed E-state index contributed by atoms with van der Waals surface area (Å²) in [6.07, 6.45) is 3.27. The van der Waals surface area contributed by atoms with E-state index in [1.807, 2.05) is 0 Å². The van der Waals surface area contributed by atoms with Gasteiger partial charge in [-0.3, -0.25) is 10.2 Å². The summed E-state index contributed by atoms with van der Waals surface area (Å²) in [6, 6.07) is 0. The number of carbonyl (C=O) groups excluding carboxylic acids is 1. The Labute approximate surface area is 82.7 Å². The molecule has 1 amide bonds. The van der Waals surface area contributed by atoms with Crippen LogP contribution in [0.3, 0.4) is 0 Å². The van der Waals surface area contributed by atoms with Crippen molar-refractivity contribution in [3.05, 3.63) is 18.2 Å². The monoisotopic (exact) mass is 197 g/mol. The van der Waals surface area contributed by atoms with E-state index in [9.17, 15) is 4.79 Å². The average Bonchev–Trinajstić information content (AvgIpc) is 2.52. The summed E-state index contributed by atoms with van der Waals surface area (Å²) in [5.74, 6) is -0.217. The molecule has 14 heavy (non-hydrogen) atoms. The molecule has 0 aromatic carbocycles. The molecule has 0 saturated heterocycles. The Morgan fingerprint density at radius 2 is 2.43 bits per heavy atom. The zero-order valence-corrected chi connectivity index (χ0v) is 8.40. The maximum atomic E-state index is 11.4. The largest absolute Gasteiger partial charge is 0.335 e. The summed E-state index contributed by atoms with van der Waals surface area (Å²) < 4.78 is 1.78. The Bertz CT molecular complexity index is 306. The molecule has 0 bridgehead atoms. The van der Waals surface area contributed by atoms with Crippen LogP contribution in [0.25, 0.3) is 0 Å². The van der Waals surface area contributed by atoms with E-state index < -0.39 is 0 Å². The van der Waals surface area contributed by atoms with E-state index in [2.05, 4.69) is 10.4 Å². The molecule has 6 heteroatoms. The second-order valence-corrected chi connectivity index (χ2v) is 3.12. The summed E-state index contributed by atoms with van der Waals surface area (Å²) in [6.45, 7) is 1.20. The zero-order chi connectivity index (χ0) is 10.6. The van der Waals surface area contributed by atoms with Crippen LogP contribution in [-0.2, 0) is 6.54 Å². The minimum Gasteiger partial charge on any atom is -0.335 e. The first-order chi connectivity index (χ1) is 6.63. The molecule has 6 nitrogen and oxygen atoms in total. The van der Waals surface area contributed by atoms with Gasteiger partial charge < -0.3 is 10.3 Å². The fourth-order valence-corrected chi connectivity index (χ4v) is 1.01. The molecule has 0 aliphatic rings. The maximum absolute atomic E-state index is 11.4. The Morgan fingerprint density at radius 3 is 3.00 bits per heavy atom. The van der Waals surface area contributed by atoms with Crippen LogP contribution < -0.4 is 11.2 Å². The number of rotatable bonds is 4. The predicted molar refractivity (Wildman–Crippen MR) is 52.4 cm³/mol. The van der Waals surface area contributed by atoms with Gasteiger partial charge in [0.1, 0.15) is 5.69 Å². The highest BCUT2D eigenvalue weighted by Gasteiger charge is 2.08. The first-order valence-electron chi connectivity index (χ1n) is 4.33. The smallest absolute Gasteiger partial charge is 0.285 e. The van der Waals surface area contributed by atoms with Gasteiger partial charge in [0.15, 0.2) is 0 Å². The number of nitrogens with one attached hydrogen (secondary N) is 1. The number of aromatic nitrogens is 2. The molecular formula is C8H15N5O. The lowest BCUT2D eigenvalue weighted by Crippen LogP contribution is -2.36. The third-order valence-corrected chi connectivity index (χ3v) is 1.58. The van der Waals surface area contributed by atoms with Crippen LogP contribution in [0.1, 0.15) is 10.5 Å². The van der Waals surface area contributed by atoms with Crippen LogP contribution in [0, 0.1) is 0 Å². The third-order valence-electron chi connectivity index (χ3n) is 1.58. The number of nitrogens with zero attached hydrogens (tertiary/aromatic N) is 3. The lowest BCUT2D eigenvalue weighted by atomic mass is 10.4. The van der Waals surface area contributed by atoms with Crippen molar-refractivity contribution in [1.82, 2.24) is 20.0 Å². The number of imidazole rings is 1. The van der Waals surface area contributed by atoms with E-state index in [1.165, 1.54) is 0 Å². The fraction of sp³-hybridized carbons (Fsp3) is 0.500. The van der Waals surface area contributed by atoms with Crippen molar-refractivity contribution >= 4 is 5.91 Å². The van der Waals surface area contributed by atoms with Crippen molar-refractivity contribution in [2.75, 3.05) is 20.6 Å². The molecule has 0 saturated carbocycles. The summed E-state index contributed by atoms with van der Waals surface area (Å²) in [5.41, 5.74) is 8.37. The molecule has 0 aliphatic carbocycles. The highest BCUT2D eigenvalue weighted by Crippen LogP contribution is 1.95. The van der Waals surface area contributed by atoms with Crippen LogP contribution in [0.15, 0.2) is 12.5 Å². The average molecular weight is 197 g/mol. The number of amides is 1. The molecule has 1 aromatic rings. The van der Waals surface area contributed by atoms with Crippen LogP contribution in [-0.4, -0.2) is 41.1 Å². The molecule has 1 aromatic heterocycles. The summed E-state index contributed by atoms with van der Waals surface area (Å²) >= 11 is 0. The minimum atomic E-state index is -0.217. The Kier molecular flexibility index (Phi) is 3.61. The predicted octanol–water partition coefficient (Wildman–Crippen LogP) is -0.952. The summed E-state index contributed by atoms with van der Waals surface area (Å²) in [7, 11) is 3.49. The lowest BCUT2D eigenvalue weighted by Gasteiger charge is -2.09. The quantitative estimate of drug-likeness (QED) is 0.610. The highest BCUT2D eigenvalue weighted by molar-refractivity contribution is 5.91. The number of nitrogens with two attached hydrogens (primary N) is 1. The highest BCUT2D eigenvalue weighted by atomic mass is 16.2. The van der Waals surface area contributed by atoms with E-state index >= 15 is 0 Å². The van der Waals surface area contributed by atoms with E-state index in [0.29, 0.717) is 18.8 Å². The summed E-state index contributed by atoms with van der Waals surface area (Å²) in [4.78, 5) is 15.4. The molecule has 0 radical (unpaired) electrons. The first kappa shape index (κ1) is 10.7. The van der Waals surface area contributed by atoms with Gasteiger partial charge >= 0.3 is 0 Å². The molecule has 1 heterocycles. The van der Waals surface area contributed by atoms with E-state index in [4.69, 9.17) is 5.73 Å². The SMILES string of the molecule is CN(C)NC(=O)c1cn(CCN)cn1. The van der Waals surface area contributed by atoms with Gasteiger partial charge in [0, 0.05) is 33.4 Å². The number of carbonyl (C=O) groups is 1. The molecule has 0 aliphatic heterocycles. The van der Waals surface area contributed by atoms with Gasteiger partial charge in [-0.15, -0.1) is 0 Å². The van der Waals surface area contributed by atoms with Gasteiger partial charge in [0.2, 0.25) is 0 Å². The number of hydrazine groups is 1. The number of hydrogen-bond donors (Lipinski definition) is 2. The summed E-state index contributed by atoms with van der Waals surface area (Å²) in [5, 5.41) is 1.57. The van der Waals surface area contributed by atoms with E-state index in [0.717, 1.165) is 0 Å². The van der Waals surface area contributed by atoms with Gasteiger partial charge in [-0.05, 0) is 0 Å². The molecular weight excluding hydrogens is 182 g/mol. The van der Waals surface area contributed by atoms with Crippen LogP contribution >= 0.6 is 0 Å². The van der Waals surface area contributed by atoms with Crippen molar-refractivity contribution in [1.29, 1.82) is 0 Å². The Balaban J connectivity index is 2.62.